The first-order valence-corrected chi connectivity index (χ1v) is 10.2. The quantitative estimate of drug-likeness (QED) is 0.575. The summed E-state index contributed by atoms with van der Waals surface area (Å²) in [6.45, 7) is 8.79. The van der Waals surface area contributed by atoms with Gasteiger partial charge in [-0.15, -0.1) is 0 Å². The lowest BCUT2D eigenvalue weighted by Crippen LogP contribution is -2.52. The molecule has 8 nitrogen and oxygen atoms in total. The molecule has 2 amide bonds. The van der Waals surface area contributed by atoms with E-state index in [-0.39, 0.29) is 16.8 Å². The summed E-state index contributed by atoms with van der Waals surface area (Å²) in [5, 5.41) is 10.8. The maximum absolute atomic E-state index is 12.6. The van der Waals surface area contributed by atoms with E-state index in [1.807, 2.05) is 4.90 Å². The molecule has 3 rings (SSSR count). The van der Waals surface area contributed by atoms with Crippen molar-refractivity contribution >= 4 is 28.2 Å². The number of carbonyl (C=O) groups is 2. The minimum Gasteiger partial charge on any atom is -0.341 e. The molecule has 1 aromatic heterocycles. The molecular weight excluding hydrogens is 368 g/mol. The number of nitro groups is 1. The van der Waals surface area contributed by atoms with Crippen LogP contribution in [0.3, 0.4) is 0 Å². The summed E-state index contributed by atoms with van der Waals surface area (Å²) in [6.07, 6.45) is 1.17. The van der Waals surface area contributed by atoms with Gasteiger partial charge in [-0.3, -0.25) is 24.6 Å². The van der Waals surface area contributed by atoms with E-state index < -0.39 is 4.92 Å². The van der Waals surface area contributed by atoms with Gasteiger partial charge in [0, 0.05) is 45.3 Å². The van der Waals surface area contributed by atoms with Crippen molar-refractivity contribution in [2.45, 2.75) is 20.3 Å². The fourth-order valence-electron chi connectivity index (χ4n) is 3.96. The predicted molar refractivity (Wildman–Crippen MR) is 103 cm³/mol. The van der Waals surface area contributed by atoms with Crippen molar-refractivity contribution in [3.8, 4) is 0 Å². The van der Waals surface area contributed by atoms with E-state index in [0.29, 0.717) is 49.4 Å². The number of likely N-dealkylation sites (tertiary alicyclic amines) is 1. The van der Waals surface area contributed by atoms with Gasteiger partial charge >= 0.3 is 5.00 Å². The smallest absolute Gasteiger partial charge is 0.324 e. The van der Waals surface area contributed by atoms with E-state index in [9.17, 15) is 19.7 Å². The van der Waals surface area contributed by atoms with Crippen LogP contribution in [0.15, 0.2) is 12.1 Å². The Morgan fingerprint density at radius 2 is 1.74 bits per heavy atom. The van der Waals surface area contributed by atoms with Crippen molar-refractivity contribution in [1.29, 1.82) is 0 Å². The van der Waals surface area contributed by atoms with Gasteiger partial charge < -0.3 is 9.80 Å². The highest BCUT2D eigenvalue weighted by Gasteiger charge is 2.29. The number of hydrogen-bond acceptors (Lipinski definition) is 6. The molecule has 2 fully saturated rings. The molecule has 3 heterocycles. The minimum atomic E-state index is -0.479. The number of piperidine rings is 1. The number of hydrogen-bond donors (Lipinski definition) is 0. The Morgan fingerprint density at radius 1 is 1.11 bits per heavy atom. The van der Waals surface area contributed by atoms with Crippen molar-refractivity contribution in [2.24, 2.45) is 11.8 Å². The third-order valence-electron chi connectivity index (χ3n) is 5.22. The Bertz CT molecular complexity index is 704. The molecule has 0 N–H and O–H groups in total. The topological polar surface area (TPSA) is 87.0 Å². The summed E-state index contributed by atoms with van der Waals surface area (Å²) >= 11 is 0.909. The Labute approximate surface area is 162 Å². The predicted octanol–water partition coefficient (Wildman–Crippen LogP) is 1.92. The Kier molecular flexibility index (Phi) is 6.11. The summed E-state index contributed by atoms with van der Waals surface area (Å²) < 4.78 is 0. The second kappa shape index (κ2) is 8.35. The molecule has 0 aromatic carbocycles. The fraction of sp³-hybridized carbons (Fsp3) is 0.667. The molecule has 27 heavy (non-hydrogen) atoms. The Balaban J connectivity index is 1.49. The van der Waals surface area contributed by atoms with Gasteiger partial charge in [0.1, 0.15) is 0 Å². The number of rotatable bonds is 4. The molecule has 9 heteroatoms. The summed E-state index contributed by atoms with van der Waals surface area (Å²) in [5.74, 6) is 1.09. The molecule has 0 aliphatic carbocycles. The van der Waals surface area contributed by atoms with Crippen LogP contribution in [0.2, 0.25) is 0 Å². The molecule has 148 valence electrons. The molecular formula is C18H26N4O4S. The first-order chi connectivity index (χ1) is 12.8. The summed E-state index contributed by atoms with van der Waals surface area (Å²) in [5.41, 5.74) is 0. The van der Waals surface area contributed by atoms with Crippen molar-refractivity contribution in [3.63, 3.8) is 0 Å². The molecule has 0 radical (unpaired) electrons. The van der Waals surface area contributed by atoms with Crippen LogP contribution in [0.5, 0.6) is 0 Å². The first kappa shape index (κ1) is 19.8. The molecule has 2 aliphatic rings. The lowest BCUT2D eigenvalue weighted by molar-refractivity contribution is -0.380. The van der Waals surface area contributed by atoms with Gasteiger partial charge in [-0.25, -0.2) is 0 Å². The SMILES string of the molecule is CC1CC(C)CN(C(=O)CN2CCN(C(=O)c3ccc([N+](=O)[O-])s3)CC2)C1. The van der Waals surface area contributed by atoms with Crippen LogP contribution >= 0.6 is 11.3 Å². The first-order valence-electron chi connectivity index (χ1n) is 9.37. The van der Waals surface area contributed by atoms with Crippen molar-refractivity contribution in [2.75, 3.05) is 45.8 Å². The minimum absolute atomic E-state index is 0.0208. The van der Waals surface area contributed by atoms with Crippen molar-refractivity contribution in [1.82, 2.24) is 14.7 Å². The van der Waals surface area contributed by atoms with Crippen LogP contribution in [-0.4, -0.2) is 77.3 Å². The molecule has 2 atom stereocenters. The van der Waals surface area contributed by atoms with E-state index in [2.05, 4.69) is 18.7 Å². The number of nitrogens with zero attached hydrogens (tertiary/aromatic N) is 4. The Morgan fingerprint density at radius 3 is 2.30 bits per heavy atom. The maximum atomic E-state index is 12.6. The average molecular weight is 394 g/mol. The van der Waals surface area contributed by atoms with Crippen molar-refractivity contribution in [3.05, 3.63) is 27.1 Å². The highest BCUT2D eigenvalue weighted by atomic mass is 32.1. The zero-order chi connectivity index (χ0) is 19.6. The maximum Gasteiger partial charge on any atom is 0.324 e. The van der Waals surface area contributed by atoms with Gasteiger partial charge in [0.25, 0.3) is 5.91 Å². The number of thiophene rings is 1. The summed E-state index contributed by atoms with van der Waals surface area (Å²) in [4.78, 5) is 41.6. The molecule has 2 aliphatic heterocycles. The second-order valence-corrected chi connectivity index (χ2v) is 8.77. The molecule has 0 saturated carbocycles. The van der Waals surface area contributed by atoms with Gasteiger partial charge in [-0.1, -0.05) is 25.2 Å². The highest BCUT2D eigenvalue weighted by Crippen LogP contribution is 2.25. The molecule has 0 bridgehead atoms. The molecule has 1 aromatic rings. The van der Waals surface area contributed by atoms with Crippen molar-refractivity contribution < 1.29 is 14.5 Å². The normalized spacial score (nSPS) is 24.1. The number of amides is 2. The van der Waals surface area contributed by atoms with Gasteiger partial charge in [0.2, 0.25) is 5.91 Å². The summed E-state index contributed by atoms with van der Waals surface area (Å²) in [7, 11) is 0. The van der Waals surface area contributed by atoms with Gasteiger partial charge in [0.05, 0.1) is 16.3 Å². The van der Waals surface area contributed by atoms with E-state index in [1.54, 1.807) is 4.90 Å². The van der Waals surface area contributed by atoms with E-state index >= 15 is 0 Å². The molecule has 0 spiro atoms. The van der Waals surface area contributed by atoms with Crippen LogP contribution in [0.4, 0.5) is 5.00 Å². The Hall–Kier alpha value is -2.00. The second-order valence-electron chi connectivity index (χ2n) is 7.71. The third-order valence-corrected chi connectivity index (χ3v) is 6.25. The summed E-state index contributed by atoms with van der Waals surface area (Å²) in [6, 6.07) is 2.88. The van der Waals surface area contributed by atoms with Gasteiger partial charge in [-0.2, -0.15) is 0 Å². The largest absolute Gasteiger partial charge is 0.341 e. The van der Waals surface area contributed by atoms with Crippen LogP contribution in [0, 0.1) is 22.0 Å². The van der Waals surface area contributed by atoms with E-state index in [0.717, 1.165) is 24.4 Å². The average Bonchev–Trinajstić information content (AvgIpc) is 3.11. The van der Waals surface area contributed by atoms with E-state index in [4.69, 9.17) is 0 Å². The zero-order valence-electron chi connectivity index (χ0n) is 15.8. The van der Waals surface area contributed by atoms with Gasteiger partial charge in [-0.05, 0) is 24.3 Å². The van der Waals surface area contributed by atoms with Crippen LogP contribution in [0.1, 0.15) is 29.9 Å². The number of carbonyl (C=O) groups excluding carboxylic acids is 2. The van der Waals surface area contributed by atoms with Crippen LogP contribution < -0.4 is 0 Å². The fourth-order valence-corrected chi connectivity index (χ4v) is 4.75. The van der Waals surface area contributed by atoms with E-state index in [1.165, 1.54) is 18.6 Å². The van der Waals surface area contributed by atoms with Gasteiger partial charge in [0.15, 0.2) is 0 Å². The lowest BCUT2D eigenvalue weighted by atomic mass is 9.92. The van der Waals surface area contributed by atoms with Crippen LogP contribution in [0.25, 0.3) is 0 Å². The standard InChI is InChI=1S/C18H26N4O4S/c1-13-9-14(2)11-21(10-13)16(23)12-19-5-7-20(8-6-19)18(24)15-3-4-17(27-15)22(25)26/h3-4,13-14H,5-12H2,1-2H3. The molecule has 2 saturated heterocycles. The zero-order valence-corrected chi connectivity index (χ0v) is 16.6. The lowest BCUT2D eigenvalue weighted by Gasteiger charge is -2.38. The monoisotopic (exact) mass is 394 g/mol. The molecule has 2 unspecified atom stereocenters. The number of piperazine rings is 1. The van der Waals surface area contributed by atoms with Crippen LogP contribution in [-0.2, 0) is 4.79 Å². The third kappa shape index (κ3) is 4.84. The highest BCUT2D eigenvalue weighted by molar-refractivity contribution is 7.17.